The van der Waals surface area contributed by atoms with Crippen molar-refractivity contribution < 1.29 is 0 Å². The largest absolute Gasteiger partial charge is 0.366 e. The number of rotatable bonds is 3. The van der Waals surface area contributed by atoms with Gasteiger partial charge in [0.1, 0.15) is 11.5 Å². The Kier molecular flexibility index (Phi) is 3.94. The van der Waals surface area contributed by atoms with Crippen molar-refractivity contribution in [2.75, 3.05) is 5.32 Å². The number of fused-ring (bicyclic) bond motifs is 1. The molecule has 0 unspecified atom stereocenters. The second-order valence-electron chi connectivity index (χ2n) is 4.50. The number of aromatic nitrogens is 2. The zero-order valence-corrected chi connectivity index (χ0v) is 13.2. The van der Waals surface area contributed by atoms with Crippen molar-refractivity contribution in [1.82, 2.24) is 9.38 Å². The minimum absolute atomic E-state index is 0.120. The summed E-state index contributed by atoms with van der Waals surface area (Å²) in [4.78, 5) is 16.4. The number of halogens is 2. The lowest BCUT2D eigenvalue weighted by Gasteiger charge is -2.08. The quantitative estimate of drug-likeness (QED) is 0.770. The summed E-state index contributed by atoms with van der Waals surface area (Å²) in [6.45, 7) is 0.502. The normalized spacial score (nSPS) is 10.8. The van der Waals surface area contributed by atoms with E-state index in [2.05, 4.69) is 26.2 Å². The van der Waals surface area contributed by atoms with Crippen molar-refractivity contribution in [3.63, 3.8) is 0 Å². The highest BCUT2D eigenvalue weighted by atomic mass is 79.9. The predicted molar refractivity (Wildman–Crippen MR) is 87.9 cm³/mol. The van der Waals surface area contributed by atoms with Crippen LogP contribution in [0.2, 0.25) is 5.02 Å². The molecule has 0 radical (unpaired) electrons. The van der Waals surface area contributed by atoms with Crippen LogP contribution in [-0.2, 0) is 6.54 Å². The molecule has 0 aliphatic rings. The van der Waals surface area contributed by atoms with Crippen LogP contribution in [0.1, 0.15) is 5.56 Å². The number of nitrogens with one attached hydrogen (secondary N) is 1. The standard InChI is InChI=1S/C15H11BrClN3O/c16-11-5-4-10(12(17)7-11)9-18-13-8-15(21)20-6-2-1-3-14(20)19-13/h1-8,18H,9H2. The van der Waals surface area contributed by atoms with E-state index in [1.165, 1.54) is 10.5 Å². The van der Waals surface area contributed by atoms with Gasteiger partial charge in [-0.15, -0.1) is 0 Å². The molecule has 0 amide bonds. The lowest BCUT2D eigenvalue weighted by atomic mass is 10.2. The smallest absolute Gasteiger partial charge is 0.259 e. The fourth-order valence-corrected chi connectivity index (χ4v) is 2.74. The highest BCUT2D eigenvalue weighted by molar-refractivity contribution is 9.10. The fourth-order valence-electron chi connectivity index (χ4n) is 2.00. The SMILES string of the molecule is O=c1cc(NCc2ccc(Br)cc2Cl)nc2ccccn12. The Hall–Kier alpha value is -1.85. The molecule has 0 saturated carbocycles. The van der Waals surface area contributed by atoms with Crippen molar-refractivity contribution in [1.29, 1.82) is 0 Å². The molecular weight excluding hydrogens is 354 g/mol. The Bertz CT molecular complexity index is 863. The van der Waals surface area contributed by atoms with Crippen molar-refractivity contribution in [3.05, 3.63) is 74.1 Å². The van der Waals surface area contributed by atoms with Gasteiger partial charge in [0.15, 0.2) is 0 Å². The molecule has 3 rings (SSSR count). The number of pyridine rings is 1. The fraction of sp³-hybridized carbons (Fsp3) is 0.0667. The Morgan fingerprint density at radius 2 is 2.10 bits per heavy atom. The van der Waals surface area contributed by atoms with E-state index < -0.39 is 0 Å². The predicted octanol–water partition coefficient (Wildman–Crippen LogP) is 3.72. The zero-order chi connectivity index (χ0) is 14.8. The summed E-state index contributed by atoms with van der Waals surface area (Å²) in [5, 5.41) is 3.79. The van der Waals surface area contributed by atoms with Crippen LogP contribution >= 0.6 is 27.5 Å². The van der Waals surface area contributed by atoms with Crippen molar-refractivity contribution in [2.24, 2.45) is 0 Å². The molecule has 1 aromatic carbocycles. The van der Waals surface area contributed by atoms with Crippen LogP contribution in [0.5, 0.6) is 0 Å². The summed E-state index contributed by atoms with van der Waals surface area (Å²) in [6.07, 6.45) is 1.69. The van der Waals surface area contributed by atoms with Gasteiger partial charge in [-0.05, 0) is 29.8 Å². The lowest BCUT2D eigenvalue weighted by Crippen LogP contribution is -2.15. The number of hydrogen-bond donors (Lipinski definition) is 1. The molecule has 0 spiro atoms. The van der Waals surface area contributed by atoms with Crippen LogP contribution in [0.4, 0.5) is 5.82 Å². The van der Waals surface area contributed by atoms with E-state index in [0.717, 1.165) is 10.0 Å². The molecule has 21 heavy (non-hydrogen) atoms. The molecule has 3 aromatic rings. The van der Waals surface area contributed by atoms with Crippen molar-refractivity contribution in [3.8, 4) is 0 Å². The maximum Gasteiger partial charge on any atom is 0.259 e. The van der Waals surface area contributed by atoms with Gasteiger partial charge < -0.3 is 5.32 Å². The third-order valence-electron chi connectivity index (χ3n) is 3.05. The first-order valence-electron chi connectivity index (χ1n) is 6.30. The first kappa shape index (κ1) is 14.1. The summed E-state index contributed by atoms with van der Waals surface area (Å²) in [5.74, 6) is 0.533. The first-order valence-corrected chi connectivity index (χ1v) is 7.47. The molecule has 0 aliphatic heterocycles. The molecule has 0 atom stereocenters. The molecule has 2 aromatic heterocycles. The number of benzene rings is 1. The topological polar surface area (TPSA) is 46.4 Å². The summed E-state index contributed by atoms with van der Waals surface area (Å²) in [6, 6.07) is 12.6. The lowest BCUT2D eigenvalue weighted by molar-refractivity contribution is 1.02. The average molecular weight is 365 g/mol. The van der Waals surface area contributed by atoms with Crippen LogP contribution in [-0.4, -0.2) is 9.38 Å². The monoisotopic (exact) mass is 363 g/mol. The van der Waals surface area contributed by atoms with Gasteiger partial charge in [-0.3, -0.25) is 9.20 Å². The highest BCUT2D eigenvalue weighted by Gasteiger charge is 2.04. The van der Waals surface area contributed by atoms with Gasteiger partial charge in [0.25, 0.3) is 5.56 Å². The molecule has 2 heterocycles. The van der Waals surface area contributed by atoms with Gasteiger partial charge in [-0.25, -0.2) is 4.98 Å². The number of hydrogen-bond acceptors (Lipinski definition) is 3. The second kappa shape index (κ2) is 5.87. The molecule has 0 bridgehead atoms. The van der Waals surface area contributed by atoms with E-state index in [1.54, 1.807) is 18.3 Å². The molecular formula is C15H11BrClN3O. The summed E-state index contributed by atoms with van der Waals surface area (Å²) < 4.78 is 2.43. The van der Waals surface area contributed by atoms with Crippen LogP contribution in [0.15, 0.2) is 57.9 Å². The third-order valence-corrected chi connectivity index (χ3v) is 3.89. The summed E-state index contributed by atoms with van der Waals surface area (Å²) in [5.41, 5.74) is 1.43. The van der Waals surface area contributed by atoms with Gasteiger partial charge >= 0.3 is 0 Å². The average Bonchev–Trinajstić information content (AvgIpc) is 2.46. The molecule has 1 N–H and O–H groups in total. The third kappa shape index (κ3) is 3.09. The Labute approximate surface area is 134 Å². The van der Waals surface area contributed by atoms with E-state index in [-0.39, 0.29) is 5.56 Å². The highest BCUT2D eigenvalue weighted by Crippen LogP contribution is 2.22. The minimum atomic E-state index is -0.120. The van der Waals surface area contributed by atoms with Crippen molar-refractivity contribution in [2.45, 2.75) is 6.54 Å². The Morgan fingerprint density at radius 1 is 1.24 bits per heavy atom. The Balaban J connectivity index is 1.87. The van der Waals surface area contributed by atoms with E-state index in [4.69, 9.17) is 11.6 Å². The second-order valence-corrected chi connectivity index (χ2v) is 5.82. The van der Waals surface area contributed by atoms with Gasteiger partial charge in [-0.1, -0.05) is 39.7 Å². The van der Waals surface area contributed by atoms with Crippen LogP contribution in [0.3, 0.4) is 0 Å². The van der Waals surface area contributed by atoms with Crippen LogP contribution in [0, 0.1) is 0 Å². The van der Waals surface area contributed by atoms with Gasteiger partial charge in [0, 0.05) is 28.3 Å². The molecule has 0 saturated heterocycles. The van der Waals surface area contributed by atoms with E-state index in [0.29, 0.717) is 23.0 Å². The number of nitrogens with zero attached hydrogens (tertiary/aromatic N) is 2. The maximum atomic E-state index is 12.0. The van der Waals surface area contributed by atoms with E-state index >= 15 is 0 Å². The van der Waals surface area contributed by atoms with E-state index in [1.807, 2.05) is 24.3 Å². The summed E-state index contributed by atoms with van der Waals surface area (Å²) >= 11 is 9.53. The van der Waals surface area contributed by atoms with Crippen LogP contribution < -0.4 is 10.9 Å². The minimum Gasteiger partial charge on any atom is -0.366 e. The van der Waals surface area contributed by atoms with Crippen LogP contribution in [0.25, 0.3) is 5.65 Å². The summed E-state index contributed by atoms with van der Waals surface area (Å²) in [7, 11) is 0. The van der Waals surface area contributed by atoms with Gasteiger partial charge in [-0.2, -0.15) is 0 Å². The van der Waals surface area contributed by atoms with Gasteiger partial charge in [0.05, 0.1) is 0 Å². The number of anilines is 1. The molecule has 6 heteroatoms. The van der Waals surface area contributed by atoms with Gasteiger partial charge in [0.2, 0.25) is 0 Å². The first-order chi connectivity index (χ1) is 10.1. The zero-order valence-electron chi connectivity index (χ0n) is 10.9. The molecule has 106 valence electrons. The molecule has 4 nitrogen and oxygen atoms in total. The molecule has 0 fully saturated rings. The van der Waals surface area contributed by atoms with E-state index in [9.17, 15) is 4.79 Å². The molecule has 0 aliphatic carbocycles. The van der Waals surface area contributed by atoms with Crippen molar-refractivity contribution >= 4 is 39.0 Å². The maximum absolute atomic E-state index is 12.0. The Morgan fingerprint density at radius 3 is 2.90 bits per heavy atom.